The highest BCUT2D eigenvalue weighted by Gasteiger charge is 2.68. The molecule has 0 saturated carbocycles. The van der Waals surface area contributed by atoms with Crippen molar-refractivity contribution < 1.29 is 39.4 Å². The number of epoxide rings is 1. The van der Waals surface area contributed by atoms with Gasteiger partial charge in [-0.15, -0.1) is 0 Å². The molecule has 2 saturated heterocycles. The van der Waals surface area contributed by atoms with E-state index in [9.17, 15) is 16.8 Å². The Hall–Kier alpha value is -1.86. The Morgan fingerprint density at radius 3 is 1.84 bits per heavy atom. The fourth-order valence-corrected chi connectivity index (χ4v) is 5.33. The predicted octanol–water partition coefficient (Wildman–Crippen LogP) is 1.92. The van der Waals surface area contributed by atoms with Gasteiger partial charge in [-0.25, -0.2) is 0 Å². The summed E-state index contributed by atoms with van der Waals surface area (Å²) in [5, 5.41) is 0. The van der Waals surface area contributed by atoms with Crippen molar-refractivity contribution >= 4 is 20.2 Å². The zero-order chi connectivity index (χ0) is 23.1. The fourth-order valence-electron chi connectivity index (χ4n) is 3.48. The van der Waals surface area contributed by atoms with Crippen molar-refractivity contribution in [2.75, 3.05) is 20.3 Å². The number of fused-ring (bicyclic) bond motifs is 1. The summed E-state index contributed by atoms with van der Waals surface area (Å²) in [6.45, 7) is 2.92. The van der Waals surface area contributed by atoms with Crippen LogP contribution in [0.1, 0.15) is 11.1 Å². The number of aryl methyl sites for hydroxylation is 2. The molecule has 0 radical (unpaired) electrons. The summed E-state index contributed by atoms with van der Waals surface area (Å²) >= 11 is 0. The second-order valence-corrected chi connectivity index (χ2v) is 11.0. The van der Waals surface area contributed by atoms with Gasteiger partial charge in [0.05, 0.1) is 16.4 Å². The van der Waals surface area contributed by atoms with Crippen LogP contribution >= 0.6 is 0 Å². The van der Waals surface area contributed by atoms with Crippen molar-refractivity contribution in [3.63, 3.8) is 0 Å². The van der Waals surface area contributed by atoms with Gasteiger partial charge in [0, 0.05) is 7.11 Å². The minimum Gasteiger partial charge on any atom is -0.361 e. The normalized spacial score (nSPS) is 27.3. The lowest BCUT2D eigenvalue weighted by Gasteiger charge is -2.29. The van der Waals surface area contributed by atoms with E-state index in [0.29, 0.717) is 0 Å². The second kappa shape index (κ2) is 8.49. The molecule has 2 aromatic rings. The van der Waals surface area contributed by atoms with Crippen molar-refractivity contribution in [3.05, 3.63) is 59.7 Å². The van der Waals surface area contributed by atoms with E-state index in [1.807, 2.05) is 13.8 Å². The molecule has 0 N–H and O–H groups in total. The fraction of sp³-hybridized carbons (Fsp3) is 0.429. The first kappa shape index (κ1) is 23.3. The van der Waals surface area contributed by atoms with Crippen LogP contribution in [0, 0.1) is 13.8 Å². The van der Waals surface area contributed by atoms with E-state index in [-0.39, 0.29) is 16.4 Å². The molecular formula is C21H24O9S2. The largest absolute Gasteiger partial charge is 0.361 e. The monoisotopic (exact) mass is 484 g/mol. The zero-order valence-corrected chi connectivity index (χ0v) is 19.4. The predicted molar refractivity (Wildman–Crippen MR) is 112 cm³/mol. The molecule has 11 heteroatoms. The average molecular weight is 485 g/mol. The minimum absolute atomic E-state index is 0.00434. The molecule has 0 spiro atoms. The van der Waals surface area contributed by atoms with Gasteiger partial charge in [-0.1, -0.05) is 35.4 Å². The quantitative estimate of drug-likeness (QED) is 0.388. The van der Waals surface area contributed by atoms with Crippen LogP contribution in [0.15, 0.2) is 58.3 Å². The van der Waals surface area contributed by atoms with Gasteiger partial charge in [0.15, 0.2) is 0 Å². The first-order valence-corrected chi connectivity index (χ1v) is 12.7. The summed E-state index contributed by atoms with van der Waals surface area (Å²) in [6, 6.07) is 12.5. The molecule has 4 atom stereocenters. The molecule has 0 aliphatic carbocycles. The molecule has 174 valence electrons. The maximum Gasteiger partial charge on any atom is 0.297 e. The first-order chi connectivity index (χ1) is 15.1. The third-order valence-corrected chi connectivity index (χ3v) is 8.02. The van der Waals surface area contributed by atoms with E-state index in [2.05, 4.69) is 0 Å². The number of methoxy groups -OCH3 is 1. The Labute approximate surface area is 187 Å². The van der Waals surface area contributed by atoms with Crippen LogP contribution in [0.4, 0.5) is 0 Å². The Morgan fingerprint density at radius 1 is 0.844 bits per heavy atom. The number of hydrogen-bond donors (Lipinski definition) is 0. The van der Waals surface area contributed by atoms with E-state index in [4.69, 9.17) is 22.6 Å². The third kappa shape index (κ3) is 4.60. The standard InChI is InChI=1S/C21H24O9S2/c1-14-4-8-16(9-5-14)31(22,23)27-12-18-19-20(29-19)21(26-3,30-18)13-28-32(24,25)17-10-6-15(2)7-11-17/h4-11,18-20H,12-13H2,1-3H3. The van der Waals surface area contributed by atoms with Gasteiger partial charge < -0.3 is 14.2 Å². The molecule has 0 aromatic heterocycles. The van der Waals surface area contributed by atoms with Crippen molar-refractivity contribution in [2.24, 2.45) is 0 Å². The highest BCUT2D eigenvalue weighted by molar-refractivity contribution is 7.87. The lowest BCUT2D eigenvalue weighted by molar-refractivity contribution is -0.261. The van der Waals surface area contributed by atoms with Crippen LogP contribution in [0.5, 0.6) is 0 Å². The summed E-state index contributed by atoms with van der Waals surface area (Å²) in [5.74, 6) is -1.50. The van der Waals surface area contributed by atoms with Crippen molar-refractivity contribution in [2.45, 2.75) is 47.7 Å². The van der Waals surface area contributed by atoms with Crippen LogP contribution in [-0.2, 0) is 42.8 Å². The summed E-state index contributed by atoms with van der Waals surface area (Å²) in [7, 11) is -6.70. The summed E-state index contributed by atoms with van der Waals surface area (Å²) < 4.78 is 77.1. The van der Waals surface area contributed by atoms with Gasteiger partial charge in [-0.2, -0.15) is 16.8 Å². The number of benzene rings is 2. The SMILES string of the molecule is COC1(COS(=O)(=O)c2ccc(C)cc2)OC(COS(=O)(=O)c2ccc(C)cc2)C2OC21. The number of rotatable bonds is 9. The van der Waals surface area contributed by atoms with E-state index < -0.39 is 50.9 Å². The van der Waals surface area contributed by atoms with Gasteiger partial charge in [0.1, 0.15) is 24.9 Å². The van der Waals surface area contributed by atoms with Gasteiger partial charge in [0.25, 0.3) is 20.2 Å². The minimum atomic E-state index is -4.05. The molecule has 2 heterocycles. The molecule has 4 unspecified atom stereocenters. The Balaban J connectivity index is 1.40. The van der Waals surface area contributed by atoms with Gasteiger partial charge >= 0.3 is 0 Å². The molecule has 2 aliphatic rings. The highest BCUT2D eigenvalue weighted by atomic mass is 32.2. The second-order valence-electron chi connectivity index (χ2n) is 7.77. The van der Waals surface area contributed by atoms with Crippen LogP contribution < -0.4 is 0 Å². The van der Waals surface area contributed by atoms with E-state index in [1.165, 1.54) is 31.4 Å². The summed E-state index contributed by atoms with van der Waals surface area (Å²) in [6.07, 6.45) is -1.86. The smallest absolute Gasteiger partial charge is 0.297 e. The van der Waals surface area contributed by atoms with E-state index >= 15 is 0 Å². The Bertz CT molecular complexity index is 1170. The van der Waals surface area contributed by atoms with E-state index in [0.717, 1.165) is 11.1 Å². The Morgan fingerprint density at radius 2 is 1.34 bits per heavy atom. The van der Waals surface area contributed by atoms with E-state index in [1.54, 1.807) is 24.3 Å². The zero-order valence-electron chi connectivity index (χ0n) is 17.8. The molecule has 9 nitrogen and oxygen atoms in total. The third-order valence-electron chi connectivity index (χ3n) is 5.44. The highest BCUT2D eigenvalue weighted by Crippen LogP contribution is 2.47. The molecule has 4 rings (SSSR count). The van der Waals surface area contributed by atoms with Gasteiger partial charge in [0.2, 0.25) is 5.79 Å². The molecule has 2 aromatic carbocycles. The molecule has 0 bridgehead atoms. The molecule has 0 amide bonds. The van der Waals surface area contributed by atoms with Crippen molar-refractivity contribution in [3.8, 4) is 0 Å². The lowest BCUT2D eigenvalue weighted by Crippen LogP contribution is -2.44. The lowest BCUT2D eigenvalue weighted by atomic mass is 10.1. The molecule has 32 heavy (non-hydrogen) atoms. The molecule has 2 aliphatic heterocycles. The van der Waals surface area contributed by atoms with Crippen LogP contribution in [0.25, 0.3) is 0 Å². The maximum atomic E-state index is 12.5. The first-order valence-electron chi connectivity index (χ1n) is 9.87. The maximum absolute atomic E-state index is 12.5. The van der Waals surface area contributed by atoms with Crippen LogP contribution in [0.3, 0.4) is 0 Å². The van der Waals surface area contributed by atoms with Gasteiger partial charge in [-0.3, -0.25) is 8.37 Å². The van der Waals surface area contributed by atoms with Crippen molar-refractivity contribution in [1.29, 1.82) is 0 Å². The number of ether oxygens (including phenoxy) is 3. The van der Waals surface area contributed by atoms with Crippen LogP contribution in [0.2, 0.25) is 0 Å². The summed E-state index contributed by atoms with van der Waals surface area (Å²) in [5.41, 5.74) is 1.83. The summed E-state index contributed by atoms with van der Waals surface area (Å²) in [4.78, 5) is 0.0320. The molecular weight excluding hydrogens is 460 g/mol. The van der Waals surface area contributed by atoms with Gasteiger partial charge in [-0.05, 0) is 38.1 Å². The average Bonchev–Trinajstić information content (AvgIpc) is 3.50. The van der Waals surface area contributed by atoms with Crippen LogP contribution in [-0.4, -0.2) is 61.3 Å². The molecule has 2 fully saturated rings. The number of hydrogen-bond acceptors (Lipinski definition) is 9. The topological polar surface area (TPSA) is 118 Å². The van der Waals surface area contributed by atoms with Crippen molar-refractivity contribution in [1.82, 2.24) is 0 Å². The Kier molecular flexibility index (Phi) is 6.18.